The maximum Gasteiger partial charge on any atom is 0.253 e. The van der Waals surface area contributed by atoms with Gasteiger partial charge in [-0.15, -0.1) is 0 Å². The van der Waals surface area contributed by atoms with Crippen molar-refractivity contribution in [1.82, 2.24) is 15.1 Å². The molecular formula is C27H36N6O. The summed E-state index contributed by atoms with van der Waals surface area (Å²) >= 11 is 0. The quantitative estimate of drug-likeness (QED) is 0.633. The molecule has 7 heteroatoms. The molecule has 6 rings (SSSR count). The molecule has 2 N–H and O–H groups in total. The maximum atomic E-state index is 12.6. The molecule has 0 aromatic carbocycles. The lowest BCUT2D eigenvalue weighted by Crippen LogP contribution is -2.38. The molecule has 0 spiro atoms. The van der Waals surface area contributed by atoms with Crippen LogP contribution in [0.15, 0.2) is 34.4 Å². The van der Waals surface area contributed by atoms with Crippen LogP contribution in [-0.2, 0) is 4.79 Å². The molecule has 7 nitrogen and oxygen atoms in total. The van der Waals surface area contributed by atoms with Crippen LogP contribution in [0.25, 0.3) is 5.57 Å². The highest BCUT2D eigenvalue weighted by Gasteiger charge is 2.32. The number of hydrogen-bond donors (Lipinski definition) is 2. The molecule has 0 bridgehead atoms. The third-order valence-corrected chi connectivity index (χ3v) is 7.82. The average Bonchev–Trinajstić information content (AvgIpc) is 3.77. The van der Waals surface area contributed by atoms with Gasteiger partial charge in [0.15, 0.2) is 0 Å². The van der Waals surface area contributed by atoms with Gasteiger partial charge < -0.3 is 5.32 Å². The van der Waals surface area contributed by atoms with Gasteiger partial charge in [-0.3, -0.25) is 15.1 Å². The van der Waals surface area contributed by atoms with Gasteiger partial charge in [0.1, 0.15) is 17.8 Å². The third-order valence-electron chi connectivity index (χ3n) is 7.82. The van der Waals surface area contributed by atoms with E-state index in [-0.39, 0.29) is 23.9 Å². The van der Waals surface area contributed by atoms with Crippen molar-refractivity contribution in [2.45, 2.75) is 83.3 Å². The van der Waals surface area contributed by atoms with Crippen molar-refractivity contribution in [1.29, 1.82) is 0 Å². The first kappa shape index (κ1) is 22.0. The highest BCUT2D eigenvalue weighted by Crippen LogP contribution is 2.37. The Labute approximate surface area is 201 Å². The second-order valence-corrected chi connectivity index (χ2v) is 10.8. The van der Waals surface area contributed by atoms with Gasteiger partial charge >= 0.3 is 0 Å². The van der Waals surface area contributed by atoms with Crippen molar-refractivity contribution in [2.24, 2.45) is 27.7 Å². The number of carbonyl (C=O) groups excluding carboxylic acids is 1. The van der Waals surface area contributed by atoms with Crippen molar-refractivity contribution in [3.63, 3.8) is 0 Å². The summed E-state index contributed by atoms with van der Waals surface area (Å²) in [5.74, 6) is 2.83. The standard InChI is InChI=1S/C27H36N6O/c1-17-13-19(9-12-22(17)27(34)31-21-10-11-21)23-16-29-33-25(28-15-18-7-8-18)14-24(32-26(23)33)30-20-5-3-2-4-6-20/h9,12-13,16-18,20,22,25,28H,2-8,10-11,14-15H2,1H3,(H,30,32). The zero-order chi connectivity index (χ0) is 23.1. The topological polar surface area (TPSA) is 83.7 Å². The van der Waals surface area contributed by atoms with E-state index >= 15 is 0 Å². The lowest BCUT2D eigenvalue weighted by atomic mass is 9.85. The van der Waals surface area contributed by atoms with E-state index in [9.17, 15) is 4.79 Å². The van der Waals surface area contributed by atoms with E-state index in [1.165, 1.54) is 44.9 Å². The molecule has 3 fully saturated rings. The van der Waals surface area contributed by atoms with Crippen LogP contribution in [-0.4, -0.2) is 39.8 Å². The Morgan fingerprint density at radius 3 is 2.76 bits per heavy atom. The Bertz CT molecular complexity index is 1060. The molecule has 3 unspecified atom stereocenters. The monoisotopic (exact) mass is 460 g/mol. The summed E-state index contributed by atoms with van der Waals surface area (Å²) in [6, 6.07) is 0.437. The van der Waals surface area contributed by atoms with Crippen LogP contribution in [0, 0.1) is 17.8 Å². The first-order valence-electron chi connectivity index (χ1n) is 13.3. The number of nitrogens with one attached hydrogen (secondary N) is 2. The van der Waals surface area contributed by atoms with E-state index < -0.39 is 0 Å². The molecule has 1 aliphatic heterocycles. The predicted octanol–water partition coefficient (Wildman–Crippen LogP) is 4.90. The zero-order valence-corrected chi connectivity index (χ0v) is 20.2. The van der Waals surface area contributed by atoms with Gasteiger partial charge in [-0.1, -0.05) is 44.4 Å². The molecule has 0 saturated heterocycles. The minimum Gasteiger partial charge on any atom is -0.328 e. The second-order valence-electron chi connectivity index (χ2n) is 10.8. The lowest BCUT2D eigenvalue weighted by Gasteiger charge is -2.30. The Kier molecular flexibility index (Phi) is 5.97. The number of allylic oxidation sites excluding steroid dienone is 3. The number of rotatable bonds is 6. The summed E-state index contributed by atoms with van der Waals surface area (Å²) in [4.78, 5) is 22.0. The van der Waals surface area contributed by atoms with Crippen LogP contribution in [0.4, 0.5) is 5.82 Å². The Hall–Kier alpha value is -2.54. The fourth-order valence-corrected chi connectivity index (χ4v) is 5.40. The number of amides is 1. The normalized spacial score (nSPS) is 30.0. The molecule has 3 saturated carbocycles. The Balaban J connectivity index is 1.25. The lowest BCUT2D eigenvalue weighted by molar-refractivity contribution is -0.120. The van der Waals surface area contributed by atoms with Gasteiger partial charge in [-0.2, -0.15) is 5.10 Å². The third kappa shape index (κ3) is 4.81. The van der Waals surface area contributed by atoms with Crippen molar-refractivity contribution in [2.75, 3.05) is 11.9 Å². The van der Waals surface area contributed by atoms with Crippen molar-refractivity contribution >= 4 is 28.8 Å². The largest absolute Gasteiger partial charge is 0.328 e. The summed E-state index contributed by atoms with van der Waals surface area (Å²) < 4.78 is 2.10. The number of aliphatic imine (C=N–C) groups is 2. The van der Waals surface area contributed by atoms with Crippen LogP contribution >= 0.6 is 0 Å². The van der Waals surface area contributed by atoms with E-state index in [4.69, 9.17) is 10.1 Å². The van der Waals surface area contributed by atoms with E-state index in [2.05, 4.69) is 39.4 Å². The summed E-state index contributed by atoms with van der Waals surface area (Å²) in [7, 11) is 0. The van der Waals surface area contributed by atoms with Crippen LogP contribution in [0.3, 0.4) is 0 Å². The molecule has 0 radical (unpaired) electrons. The fourth-order valence-electron chi connectivity index (χ4n) is 5.40. The molecule has 5 aliphatic rings. The number of fused-ring (bicyclic) bond motifs is 1. The number of anilines is 1. The number of carbonyl (C=O) groups is 1. The number of hydrogen-bond acceptors (Lipinski definition) is 4. The van der Waals surface area contributed by atoms with Crippen molar-refractivity contribution < 1.29 is 4.79 Å². The summed E-state index contributed by atoms with van der Waals surface area (Å²) in [6.07, 6.45) is 20.2. The molecule has 1 amide bonds. The first-order valence-corrected chi connectivity index (χ1v) is 13.3. The minimum absolute atomic E-state index is 0.00653. The summed E-state index contributed by atoms with van der Waals surface area (Å²) in [5.41, 5.74) is 3.24. The molecule has 180 valence electrons. The molecule has 1 aromatic rings. The Morgan fingerprint density at radius 2 is 2.03 bits per heavy atom. The predicted molar refractivity (Wildman–Crippen MR) is 136 cm³/mol. The smallest absolute Gasteiger partial charge is 0.253 e. The first-order chi connectivity index (χ1) is 16.6. The molecule has 1 aromatic heterocycles. The highest BCUT2D eigenvalue weighted by atomic mass is 16.1. The summed E-state index contributed by atoms with van der Waals surface area (Å²) in [6.45, 7) is 3.15. The maximum absolute atomic E-state index is 12.6. The van der Waals surface area contributed by atoms with E-state index in [0.717, 1.165) is 60.2 Å². The van der Waals surface area contributed by atoms with Gasteiger partial charge in [0.05, 0.1) is 18.2 Å². The van der Waals surface area contributed by atoms with E-state index in [0.29, 0.717) is 6.04 Å². The molecular weight excluding hydrogens is 424 g/mol. The second kappa shape index (κ2) is 9.25. The fraction of sp³-hybridized carbons (Fsp3) is 0.630. The van der Waals surface area contributed by atoms with Gasteiger partial charge in [-0.25, -0.2) is 9.67 Å². The van der Waals surface area contributed by atoms with Gasteiger partial charge in [-0.05, 0) is 62.5 Å². The van der Waals surface area contributed by atoms with Crippen LogP contribution in [0.5, 0.6) is 0 Å². The minimum atomic E-state index is -0.174. The molecule has 34 heavy (non-hydrogen) atoms. The van der Waals surface area contributed by atoms with E-state index in [1.54, 1.807) is 0 Å². The average molecular weight is 461 g/mol. The highest BCUT2D eigenvalue weighted by molar-refractivity contribution is 6.06. The van der Waals surface area contributed by atoms with E-state index in [1.807, 2.05) is 12.3 Å². The van der Waals surface area contributed by atoms with Gasteiger partial charge in [0, 0.05) is 17.7 Å². The van der Waals surface area contributed by atoms with Crippen LogP contribution in [0.2, 0.25) is 0 Å². The van der Waals surface area contributed by atoms with Gasteiger partial charge in [0.25, 0.3) is 5.91 Å². The zero-order valence-electron chi connectivity index (χ0n) is 20.2. The number of nitrogens with zero attached hydrogens (tertiary/aromatic N) is 4. The van der Waals surface area contributed by atoms with Crippen LogP contribution in [0.1, 0.15) is 82.9 Å². The molecule has 4 aliphatic carbocycles. The Morgan fingerprint density at radius 1 is 1.21 bits per heavy atom. The van der Waals surface area contributed by atoms with Gasteiger partial charge in [0.2, 0.25) is 0 Å². The number of aromatic nitrogens is 2. The van der Waals surface area contributed by atoms with Crippen molar-refractivity contribution in [3.05, 3.63) is 30.0 Å². The summed E-state index contributed by atoms with van der Waals surface area (Å²) in [5, 5.41) is 12.2. The van der Waals surface area contributed by atoms with Crippen LogP contribution < -0.4 is 10.6 Å². The molecule has 2 heterocycles. The SMILES string of the molecule is CC1C=C(c2cnn3c2NC(=NC2CCCCC2)CC3NCC2CC2)C=CC1C(=O)N=C1CC1. The number of amidine groups is 1. The molecule has 3 atom stereocenters. The van der Waals surface area contributed by atoms with Crippen molar-refractivity contribution in [3.8, 4) is 0 Å².